The Kier molecular flexibility index (Phi) is 5.09. The van der Waals surface area contributed by atoms with Crippen molar-refractivity contribution in [3.05, 3.63) is 41.2 Å². The Bertz CT molecular complexity index is 542. The Morgan fingerprint density at radius 2 is 2.33 bits per heavy atom. The second-order valence-electron chi connectivity index (χ2n) is 5.55. The lowest BCUT2D eigenvalue weighted by molar-refractivity contribution is -0.131. The van der Waals surface area contributed by atoms with Gasteiger partial charge in [-0.25, -0.2) is 9.18 Å². The predicted octanol–water partition coefficient (Wildman–Crippen LogP) is 2.13. The molecule has 1 fully saturated rings. The minimum Gasteiger partial charge on any atom is -0.478 e. The van der Waals surface area contributed by atoms with E-state index in [-0.39, 0.29) is 17.6 Å². The third-order valence-corrected chi connectivity index (χ3v) is 3.86. The molecular formula is C16H20FNO3. The molecule has 21 heavy (non-hydrogen) atoms. The van der Waals surface area contributed by atoms with Crippen LogP contribution in [0.5, 0.6) is 0 Å². The molecule has 0 spiro atoms. The summed E-state index contributed by atoms with van der Waals surface area (Å²) in [5.74, 6) is -1.24. The van der Waals surface area contributed by atoms with Gasteiger partial charge in [0.1, 0.15) is 5.82 Å². The fraction of sp³-hybridized carbons (Fsp3) is 0.438. The maximum absolute atomic E-state index is 13.6. The van der Waals surface area contributed by atoms with Gasteiger partial charge >= 0.3 is 5.97 Å². The molecule has 1 aromatic carbocycles. The quantitative estimate of drug-likeness (QED) is 0.816. The van der Waals surface area contributed by atoms with Crippen LogP contribution in [0, 0.1) is 11.7 Å². The summed E-state index contributed by atoms with van der Waals surface area (Å²) in [6.45, 7) is 4.22. The molecule has 0 bridgehead atoms. The predicted molar refractivity (Wildman–Crippen MR) is 78.1 cm³/mol. The molecule has 0 aromatic heterocycles. The number of likely N-dealkylation sites (tertiary alicyclic amines) is 1. The molecule has 1 aliphatic rings. The van der Waals surface area contributed by atoms with Gasteiger partial charge in [0, 0.05) is 24.7 Å². The Balaban J connectivity index is 2.04. The third kappa shape index (κ3) is 4.37. The van der Waals surface area contributed by atoms with Crippen LogP contribution >= 0.6 is 0 Å². The van der Waals surface area contributed by atoms with Crippen molar-refractivity contribution in [3.63, 3.8) is 0 Å². The minimum atomic E-state index is -1.10. The Labute approximate surface area is 123 Å². The standard InChI is InChI=1S/C16H20FNO3/c1-11(19)14-6-7-18(10-14)9-12-2-4-15(17)13(8-12)3-5-16(20)21/h2-5,8,11,14,19H,6-7,9-10H2,1H3,(H,20,21)/b5-3+. The number of carboxylic acid groups (broad SMARTS) is 1. The topological polar surface area (TPSA) is 60.8 Å². The van der Waals surface area contributed by atoms with Crippen molar-refractivity contribution < 1.29 is 19.4 Å². The molecule has 2 N–H and O–H groups in total. The van der Waals surface area contributed by atoms with Crippen molar-refractivity contribution >= 4 is 12.0 Å². The zero-order valence-corrected chi connectivity index (χ0v) is 12.0. The number of aliphatic hydroxyl groups excluding tert-OH is 1. The van der Waals surface area contributed by atoms with Crippen molar-refractivity contribution in [2.45, 2.75) is 26.0 Å². The first-order valence-electron chi connectivity index (χ1n) is 7.05. The van der Waals surface area contributed by atoms with Crippen LogP contribution in [0.25, 0.3) is 6.08 Å². The smallest absolute Gasteiger partial charge is 0.328 e. The largest absolute Gasteiger partial charge is 0.478 e. The third-order valence-electron chi connectivity index (χ3n) is 3.86. The maximum atomic E-state index is 13.6. The molecule has 0 aliphatic carbocycles. The number of hydrogen-bond donors (Lipinski definition) is 2. The molecular weight excluding hydrogens is 273 g/mol. The molecule has 0 amide bonds. The van der Waals surface area contributed by atoms with Crippen LogP contribution in [0.2, 0.25) is 0 Å². The van der Waals surface area contributed by atoms with Crippen molar-refractivity contribution in [2.75, 3.05) is 13.1 Å². The van der Waals surface area contributed by atoms with Gasteiger partial charge in [0.2, 0.25) is 0 Å². The molecule has 0 saturated carbocycles. The molecule has 1 aromatic rings. The van der Waals surface area contributed by atoms with E-state index in [9.17, 15) is 14.3 Å². The summed E-state index contributed by atoms with van der Waals surface area (Å²) in [6.07, 6.45) is 2.85. The highest BCUT2D eigenvalue weighted by molar-refractivity contribution is 5.85. The monoisotopic (exact) mass is 293 g/mol. The number of aliphatic carboxylic acids is 1. The Morgan fingerprint density at radius 1 is 1.57 bits per heavy atom. The molecule has 5 heteroatoms. The highest BCUT2D eigenvalue weighted by Gasteiger charge is 2.25. The lowest BCUT2D eigenvalue weighted by atomic mass is 10.0. The van der Waals surface area contributed by atoms with Gasteiger partial charge in [-0.2, -0.15) is 0 Å². The Hall–Kier alpha value is -1.72. The second-order valence-corrected chi connectivity index (χ2v) is 5.55. The fourth-order valence-electron chi connectivity index (χ4n) is 2.64. The molecule has 1 saturated heterocycles. The van der Waals surface area contributed by atoms with E-state index in [1.165, 1.54) is 12.1 Å². The first-order chi connectivity index (χ1) is 9.95. The summed E-state index contributed by atoms with van der Waals surface area (Å²) in [7, 11) is 0. The van der Waals surface area contributed by atoms with Gasteiger partial charge in [0.25, 0.3) is 0 Å². The van der Waals surface area contributed by atoms with Crippen LogP contribution in [0.15, 0.2) is 24.3 Å². The molecule has 1 heterocycles. The molecule has 0 radical (unpaired) electrons. The van der Waals surface area contributed by atoms with Crippen molar-refractivity contribution in [1.82, 2.24) is 4.90 Å². The van der Waals surface area contributed by atoms with Crippen LogP contribution in [0.3, 0.4) is 0 Å². The zero-order chi connectivity index (χ0) is 15.4. The lowest BCUT2D eigenvalue weighted by Gasteiger charge is -2.17. The number of benzene rings is 1. The number of nitrogens with zero attached hydrogens (tertiary/aromatic N) is 1. The van der Waals surface area contributed by atoms with Gasteiger partial charge in [0.15, 0.2) is 0 Å². The van der Waals surface area contributed by atoms with Crippen LogP contribution in [0.4, 0.5) is 4.39 Å². The summed E-state index contributed by atoms with van der Waals surface area (Å²) in [4.78, 5) is 12.7. The average Bonchev–Trinajstić information content (AvgIpc) is 2.88. The van der Waals surface area contributed by atoms with E-state index < -0.39 is 11.8 Å². The van der Waals surface area contributed by atoms with E-state index in [0.29, 0.717) is 6.54 Å². The van der Waals surface area contributed by atoms with Crippen molar-refractivity contribution in [3.8, 4) is 0 Å². The van der Waals surface area contributed by atoms with E-state index >= 15 is 0 Å². The molecule has 4 nitrogen and oxygen atoms in total. The highest BCUT2D eigenvalue weighted by atomic mass is 19.1. The molecule has 2 rings (SSSR count). The van der Waals surface area contributed by atoms with Gasteiger partial charge in [-0.1, -0.05) is 6.07 Å². The van der Waals surface area contributed by atoms with Gasteiger partial charge in [-0.15, -0.1) is 0 Å². The van der Waals surface area contributed by atoms with E-state index in [1.54, 1.807) is 19.1 Å². The number of aliphatic hydroxyl groups is 1. The number of carbonyl (C=O) groups is 1. The molecule has 2 atom stereocenters. The van der Waals surface area contributed by atoms with Gasteiger partial charge < -0.3 is 10.2 Å². The normalized spacial score (nSPS) is 21.0. The summed E-state index contributed by atoms with van der Waals surface area (Å²) in [5.41, 5.74) is 1.22. The lowest BCUT2D eigenvalue weighted by Crippen LogP contribution is -2.24. The van der Waals surface area contributed by atoms with Crippen molar-refractivity contribution in [1.29, 1.82) is 0 Å². The number of carboxylic acids is 1. The number of halogens is 1. The van der Waals surface area contributed by atoms with Crippen LogP contribution in [-0.2, 0) is 11.3 Å². The summed E-state index contributed by atoms with van der Waals surface area (Å²) >= 11 is 0. The van der Waals surface area contributed by atoms with E-state index in [0.717, 1.165) is 31.1 Å². The van der Waals surface area contributed by atoms with Gasteiger partial charge in [-0.05, 0) is 49.6 Å². The minimum absolute atomic E-state index is 0.279. The Morgan fingerprint density at radius 3 is 2.95 bits per heavy atom. The first kappa shape index (κ1) is 15.7. The van der Waals surface area contributed by atoms with Gasteiger partial charge in [-0.3, -0.25) is 4.90 Å². The SMILES string of the molecule is CC(O)C1CCN(Cc2ccc(F)c(/C=C/C(=O)O)c2)C1. The van der Waals surface area contributed by atoms with Crippen LogP contribution < -0.4 is 0 Å². The van der Waals surface area contributed by atoms with Gasteiger partial charge in [0.05, 0.1) is 6.10 Å². The van der Waals surface area contributed by atoms with E-state index in [4.69, 9.17) is 5.11 Å². The summed E-state index contributed by atoms with van der Waals surface area (Å²) in [5, 5.41) is 18.2. The highest BCUT2D eigenvalue weighted by Crippen LogP contribution is 2.22. The molecule has 114 valence electrons. The summed E-state index contributed by atoms with van der Waals surface area (Å²) in [6, 6.07) is 4.74. The molecule has 2 unspecified atom stereocenters. The van der Waals surface area contributed by atoms with E-state index in [1.807, 2.05) is 0 Å². The zero-order valence-electron chi connectivity index (χ0n) is 12.0. The average molecular weight is 293 g/mol. The first-order valence-corrected chi connectivity index (χ1v) is 7.05. The summed E-state index contributed by atoms with van der Waals surface area (Å²) < 4.78 is 13.6. The fourth-order valence-corrected chi connectivity index (χ4v) is 2.64. The van der Waals surface area contributed by atoms with E-state index in [2.05, 4.69) is 4.90 Å². The number of hydrogen-bond acceptors (Lipinski definition) is 3. The van der Waals surface area contributed by atoms with Crippen LogP contribution in [-0.4, -0.2) is 40.3 Å². The molecule has 1 aliphatic heterocycles. The maximum Gasteiger partial charge on any atom is 0.328 e. The van der Waals surface area contributed by atoms with Crippen LogP contribution in [0.1, 0.15) is 24.5 Å². The van der Waals surface area contributed by atoms with Crippen molar-refractivity contribution in [2.24, 2.45) is 5.92 Å². The number of rotatable bonds is 5. The second kappa shape index (κ2) is 6.83.